The molecule has 12 nitrogen and oxygen atoms in total. The molecule has 0 bridgehead atoms. The van der Waals surface area contributed by atoms with Crippen molar-refractivity contribution in [3.63, 3.8) is 0 Å². The van der Waals surface area contributed by atoms with Crippen LogP contribution in [0.4, 0.5) is 23.4 Å². The average molecular weight is 540 g/mol. The normalized spacial score (nSPS) is 14.2. The molecule has 2 unspecified atom stereocenters. The minimum atomic E-state index is -4.87. The van der Waals surface area contributed by atoms with E-state index in [4.69, 9.17) is 26.8 Å². The highest BCUT2D eigenvalue weighted by atomic mass is 35.5. The van der Waals surface area contributed by atoms with Crippen LogP contribution in [-0.2, 0) is 31.7 Å². The number of hydrogen-bond donors (Lipinski definition) is 3. The van der Waals surface area contributed by atoms with Crippen molar-refractivity contribution in [1.82, 2.24) is 19.5 Å². The van der Waals surface area contributed by atoms with Crippen molar-refractivity contribution in [3.8, 4) is 0 Å². The van der Waals surface area contributed by atoms with Crippen LogP contribution in [0, 0.1) is 0 Å². The van der Waals surface area contributed by atoms with Gasteiger partial charge in [-0.25, -0.2) is 19.0 Å². The summed E-state index contributed by atoms with van der Waals surface area (Å²) in [6, 6.07) is 1.30. The van der Waals surface area contributed by atoms with Gasteiger partial charge in [-0.2, -0.15) is 23.1 Å². The molecular weight excluding hydrogens is 522 g/mol. The molecule has 36 heavy (non-hydrogen) atoms. The van der Waals surface area contributed by atoms with Gasteiger partial charge < -0.3 is 29.8 Å². The standard InChI is InChI=1S/C19H18ClF4N5O7/c1-34-9(4-11(21)29-7-26-12-13(25)27-17(20)28-14(12)29)6-35-18(15(30)31,16(32)33)5-8-2-3-10(36-8)19(22,23)24/h2-3,7,9,11H,4-6H2,1H3,(H,30,31)(H,32,33)(H2,25,27,28). The number of carboxylic acid groups (broad SMARTS) is 2. The number of alkyl halides is 4. The van der Waals surface area contributed by atoms with Crippen molar-refractivity contribution in [3.05, 3.63) is 35.3 Å². The molecule has 0 aromatic carbocycles. The lowest BCUT2D eigenvalue weighted by Crippen LogP contribution is -2.52. The second kappa shape index (κ2) is 10.2. The number of aliphatic carboxylic acids is 2. The van der Waals surface area contributed by atoms with Crippen molar-refractivity contribution < 1.29 is 51.3 Å². The number of hydrogen-bond acceptors (Lipinski definition) is 9. The number of anilines is 1. The Hall–Kier alpha value is -3.50. The van der Waals surface area contributed by atoms with E-state index in [0.29, 0.717) is 6.07 Å². The largest absolute Gasteiger partial charge is 0.479 e. The van der Waals surface area contributed by atoms with Gasteiger partial charge >= 0.3 is 18.1 Å². The summed E-state index contributed by atoms with van der Waals surface area (Å²) >= 11 is 5.75. The number of halogens is 5. The lowest BCUT2D eigenvalue weighted by Gasteiger charge is -2.27. The highest BCUT2D eigenvalue weighted by Gasteiger charge is 2.50. The number of nitrogens with zero attached hydrogens (tertiary/aromatic N) is 4. The second-order valence-electron chi connectivity index (χ2n) is 7.42. The SMILES string of the molecule is COC(COC(Cc1ccc(C(F)(F)F)o1)(C(=O)O)C(=O)O)CC(F)n1cnc2c(N)nc(Cl)nc21. The third-order valence-corrected chi connectivity index (χ3v) is 5.25. The number of fused-ring (bicyclic) bond motifs is 1. The van der Waals surface area contributed by atoms with Gasteiger partial charge in [0.05, 0.1) is 25.5 Å². The van der Waals surface area contributed by atoms with E-state index in [1.54, 1.807) is 0 Å². The van der Waals surface area contributed by atoms with Gasteiger partial charge in [0.1, 0.15) is 11.3 Å². The molecule has 3 aromatic rings. The van der Waals surface area contributed by atoms with E-state index >= 15 is 4.39 Å². The molecule has 3 aromatic heterocycles. The zero-order valence-electron chi connectivity index (χ0n) is 18.2. The van der Waals surface area contributed by atoms with Crippen LogP contribution in [0.5, 0.6) is 0 Å². The molecule has 0 aliphatic rings. The molecule has 0 aliphatic heterocycles. The number of aromatic nitrogens is 4. The summed E-state index contributed by atoms with van der Waals surface area (Å²) in [5.74, 6) is -6.19. The first kappa shape index (κ1) is 27.1. The van der Waals surface area contributed by atoms with Crippen molar-refractivity contribution >= 4 is 40.5 Å². The third-order valence-electron chi connectivity index (χ3n) is 5.08. The van der Waals surface area contributed by atoms with E-state index in [1.807, 2.05) is 0 Å². The lowest BCUT2D eigenvalue weighted by molar-refractivity contribution is -0.188. The molecule has 3 heterocycles. The molecule has 0 spiro atoms. The number of carboxylic acids is 2. The number of furan rings is 1. The first-order chi connectivity index (χ1) is 16.8. The Morgan fingerprint density at radius 2 is 1.92 bits per heavy atom. The summed E-state index contributed by atoms with van der Waals surface area (Å²) in [5, 5.41) is 18.9. The predicted molar refractivity (Wildman–Crippen MR) is 112 cm³/mol. The Balaban J connectivity index is 1.78. The fraction of sp³-hybridized carbons (Fsp3) is 0.421. The van der Waals surface area contributed by atoms with Crippen molar-refractivity contribution in [2.45, 2.75) is 37.0 Å². The highest BCUT2D eigenvalue weighted by Crippen LogP contribution is 2.32. The number of rotatable bonds is 11. The topological polar surface area (TPSA) is 176 Å². The Labute approximate surface area is 203 Å². The van der Waals surface area contributed by atoms with Crippen LogP contribution in [0.15, 0.2) is 22.9 Å². The number of carbonyl (C=O) groups is 2. The van der Waals surface area contributed by atoms with E-state index in [2.05, 4.69) is 19.4 Å². The predicted octanol–water partition coefficient (Wildman–Crippen LogP) is 2.71. The van der Waals surface area contributed by atoms with Gasteiger partial charge in [-0.05, 0) is 23.7 Å². The van der Waals surface area contributed by atoms with Crippen LogP contribution >= 0.6 is 11.6 Å². The van der Waals surface area contributed by atoms with Crippen molar-refractivity contribution in [1.29, 1.82) is 0 Å². The smallest absolute Gasteiger partial charge is 0.449 e. The van der Waals surface area contributed by atoms with E-state index in [9.17, 15) is 33.0 Å². The fourth-order valence-electron chi connectivity index (χ4n) is 3.20. The minimum absolute atomic E-state index is 0.0421. The van der Waals surface area contributed by atoms with Gasteiger partial charge in [-0.15, -0.1) is 0 Å². The van der Waals surface area contributed by atoms with Gasteiger partial charge in [0.25, 0.3) is 5.60 Å². The zero-order valence-corrected chi connectivity index (χ0v) is 19.0. The van der Waals surface area contributed by atoms with Crippen LogP contribution < -0.4 is 5.73 Å². The summed E-state index contributed by atoms with van der Waals surface area (Å²) in [7, 11) is 1.13. The summed E-state index contributed by atoms with van der Waals surface area (Å²) < 4.78 is 69.2. The number of methoxy groups -OCH3 is 1. The molecule has 0 saturated carbocycles. The molecule has 0 aliphatic carbocycles. The van der Waals surface area contributed by atoms with Gasteiger partial charge in [0.15, 0.2) is 17.8 Å². The maximum atomic E-state index is 15.1. The molecule has 0 fully saturated rings. The molecule has 0 saturated heterocycles. The average Bonchev–Trinajstić information content (AvgIpc) is 3.42. The Kier molecular flexibility index (Phi) is 7.70. The second-order valence-corrected chi connectivity index (χ2v) is 7.76. The monoisotopic (exact) mass is 539 g/mol. The maximum absolute atomic E-state index is 15.1. The first-order valence-electron chi connectivity index (χ1n) is 9.87. The molecule has 17 heteroatoms. The fourth-order valence-corrected chi connectivity index (χ4v) is 3.37. The number of ether oxygens (including phenoxy) is 2. The lowest BCUT2D eigenvalue weighted by atomic mass is 9.98. The zero-order chi connectivity index (χ0) is 26.8. The van der Waals surface area contributed by atoms with Gasteiger partial charge in [-0.1, -0.05) is 0 Å². The summed E-state index contributed by atoms with van der Waals surface area (Å²) in [6.07, 6.45) is -8.51. The quantitative estimate of drug-likeness (QED) is 0.185. The Morgan fingerprint density at radius 1 is 1.25 bits per heavy atom. The summed E-state index contributed by atoms with van der Waals surface area (Å²) in [5.41, 5.74) is 2.65. The molecule has 196 valence electrons. The van der Waals surface area contributed by atoms with Gasteiger partial charge in [0, 0.05) is 13.5 Å². The highest BCUT2D eigenvalue weighted by molar-refractivity contribution is 6.28. The molecule has 2 atom stereocenters. The minimum Gasteiger partial charge on any atom is -0.479 e. The van der Waals surface area contributed by atoms with Gasteiger partial charge in [-0.3, -0.25) is 4.57 Å². The number of nitrogens with two attached hydrogens (primary N) is 1. The molecular formula is C19H18ClF4N5O7. The molecule has 0 radical (unpaired) electrons. The molecule has 4 N–H and O–H groups in total. The van der Waals surface area contributed by atoms with E-state index < -0.39 is 67.1 Å². The third kappa shape index (κ3) is 5.50. The van der Waals surface area contributed by atoms with Crippen molar-refractivity contribution in [2.24, 2.45) is 0 Å². The van der Waals surface area contributed by atoms with E-state index in [1.165, 1.54) is 0 Å². The molecule has 3 rings (SSSR count). The van der Waals surface area contributed by atoms with Crippen LogP contribution in [0.1, 0.15) is 24.2 Å². The Bertz CT molecular complexity index is 1250. The van der Waals surface area contributed by atoms with E-state index in [0.717, 1.165) is 24.1 Å². The van der Waals surface area contributed by atoms with E-state index in [-0.39, 0.29) is 22.3 Å². The maximum Gasteiger partial charge on any atom is 0.449 e. The summed E-state index contributed by atoms with van der Waals surface area (Å²) in [4.78, 5) is 35.2. The number of imidazole rings is 1. The van der Waals surface area contributed by atoms with Crippen LogP contribution in [0.25, 0.3) is 11.2 Å². The van der Waals surface area contributed by atoms with Gasteiger partial charge in [0.2, 0.25) is 11.0 Å². The van der Waals surface area contributed by atoms with Crippen LogP contribution in [0.3, 0.4) is 0 Å². The van der Waals surface area contributed by atoms with Crippen LogP contribution in [-0.4, -0.2) is 67.1 Å². The first-order valence-corrected chi connectivity index (χ1v) is 10.3. The molecule has 0 amide bonds. The van der Waals surface area contributed by atoms with Crippen LogP contribution in [0.2, 0.25) is 5.28 Å². The summed E-state index contributed by atoms with van der Waals surface area (Å²) in [6.45, 7) is -0.771. The Morgan fingerprint density at radius 3 is 2.47 bits per heavy atom. The number of nitrogen functional groups attached to an aromatic ring is 1. The van der Waals surface area contributed by atoms with Crippen molar-refractivity contribution in [2.75, 3.05) is 19.5 Å².